The average Bonchev–Trinajstić information content (AvgIpc) is 2.65. The molecule has 0 fully saturated rings. The van der Waals surface area contributed by atoms with E-state index < -0.39 is 9.84 Å². The number of sulfone groups is 1. The van der Waals surface area contributed by atoms with Crippen LogP contribution in [0.3, 0.4) is 0 Å². The van der Waals surface area contributed by atoms with Gasteiger partial charge in [-0.1, -0.05) is 19.1 Å². The molecule has 1 N–H and O–H groups in total. The Balaban J connectivity index is 1.81. The third kappa shape index (κ3) is 3.99. The Morgan fingerprint density at radius 2 is 1.85 bits per heavy atom. The summed E-state index contributed by atoms with van der Waals surface area (Å²) >= 11 is 0. The fraction of sp³-hybridized carbons (Fsp3) is 0.316. The molecule has 0 aromatic heterocycles. The zero-order chi connectivity index (χ0) is 18.7. The number of carbonyl (C=O) groups excluding carboxylic acids is 1. The molecule has 1 heterocycles. The van der Waals surface area contributed by atoms with Gasteiger partial charge in [0.25, 0.3) is 5.91 Å². The third-order valence-corrected chi connectivity index (χ3v) is 5.32. The Labute approximate surface area is 153 Å². The van der Waals surface area contributed by atoms with E-state index in [0.717, 1.165) is 11.8 Å². The first-order chi connectivity index (χ1) is 12.4. The molecule has 26 heavy (non-hydrogen) atoms. The van der Waals surface area contributed by atoms with Crippen molar-refractivity contribution < 1.29 is 22.7 Å². The Morgan fingerprint density at radius 1 is 1.12 bits per heavy atom. The Kier molecular flexibility index (Phi) is 5.18. The smallest absolute Gasteiger partial charge is 0.251 e. The molecule has 138 valence electrons. The molecule has 0 saturated heterocycles. The lowest BCUT2D eigenvalue weighted by Crippen LogP contribution is -2.28. The second-order valence-electron chi connectivity index (χ2n) is 6.14. The molecule has 6 nitrogen and oxygen atoms in total. The highest BCUT2D eigenvalue weighted by Gasteiger charge is 2.19. The van der Waals surface area contributed by atoms with Gasteiger partial charge in [-0.15, -0.1) is 0 Å². The van der Waals surface area contributed by atoms with E-state index in [0.29, 0.717) is 36.7 Å². The minimum Gasteiger partial charge on any atom is -0.486 e. The molecule has 2 aromatic carbocycles. The van der Waals surface area contributed by atoms with E-state index in [4.69, 9.17) is 9.47 Å². The first-order valence-electron chi connectivity index (χ1n) is 8.39. The molecule has 0 saturated carbocycles. The van der Waals surface area contributed by atoms with E-state index >= 15 is 0 Å². The predicted molar refractivity (Wildman–Crippen MR) is 97.5 cm³/mol. The van der Waals surface area contributed by atoms with Crippen LogP contribution in [0.4, 0.5) is 0 Å². The lowest BCUT2D eigenvalue weighted by Gasteiger charge is -2.22. The van der Waals surface area contributed by atoms with E-state index in [1.165, 1.54) is 12.1 Å². The van der Waals surface area contributed by atoms with Crippen molar-refractivity contribution in [1.29, 1.82) is 0 Å². The predicted octanol–water partition coefficient (Wildman–Crippen LogP) is 2.74. The van der Waals surface area contributed by atoms with Crippen LogP contribution in [0.5, 0.6) is 11.5 Å². The summed E-state index contributed by atoms with van der Waals surface area (Å²) in [6.45, 7) is 2.99. The molecule has 1 atom stereocenters. The Bertz CT molecular complexity index is 923. The molecule has 2 aromatic rings. The number of hydrogen-bond acceptors (Lipinski definition) is 5. The summed E-state index contributed by atoms with van der Waals surface area (Å²) in [7, 11) is -3.37. The summed E-state index contributed by atoms with van der Waals surface area (Å²) in [5.74, 6) is 1.04. The van der Waals surface area contributed by atoms with Gasteiger partial charge in [0.15, 0.2) is 21.3 Å². The van der Waals surface area contributed by atoms with Crippen molar-refractivity contribution in [3.8, 4) is 11.5 Å². The molecule has 0 radical (unpaired) electrons. The molecule has 0 spiro atoms. The number of fused-ring (bicyclic) bond motifs is 1. The molecule has 0 aliphatic carbocycles. The van der Waals surface area contributed by atoms with Gasteiger partial charge in [-0.25, -0.2) is 8.42 Å². The van der Waals surface area contributed by atoms with Crippen molar-refractivity contribution in [2.45, 2.75) is 24.3 Å². The Hall–Kier alpha value is -2.54. The summed E-state index contributed by atoms with van der Waals surface area (Å²) in [6.07, 6.45) is 1.80. The number of hydrogen-bond donors (Lipinski definition) is 1. The van der Waals surface area contributed by atoms with Gasteiger partial charge in [-0.2, -0.15) is 0 Å². The fourth-order valence-corrected chi connectivity index (χ4v) is 3.47. The fourth-order valence-electron chi connectivity index (χ4n) is 2.81. The van der Waals surface area contributed by atoms with Crippen LogP contribution in [-0.4, -0.2) is 33.8 Å². The summed E-state index contributed by atoms with van der Waals surface area (Å²) < 4.78 is 34.5. The maximum absolute atomic E-state index is 12.6. The van der Waals surface area contributed by atoms with E-state index in [1.807, 2.05) is 25.1 Å². The van der Waals surface area contributed by atoms with E-state index in [1.54, 1.807) is 12.1 Å². The van der Waals surface area contributed by atoms with Crippen LogP contribution in [0.2, 0.25) is 0 Å². The number of carbonyl (C=O) groups is 1. The molecule has 1 amide bonds. The first kappa shape index (κ1) is 18.3. The molecule has 1 aliphatic rings. The van der Waals surface area contributed by atoms with Gasteiger partial charge < -0.3 is 14.8 Å². The van der Waals surface area contributed by atoms with Crippen LogP contribution in [0.1, 0.15) is 35.3 Å². The standard InChI is InChI=1S/C19H21NO5S/c1-3-16(13-7-8-17-18(12-13)25-10-9-24-17)20-19(21)14-5-4-6-15(11-14)26(2,22)23/h4-8,11-12,16H,3,9-10H2,1-2H3,(H,20,21)/t16-/m1/s1. The number of nitrogens with one attached hydrogen (secondary N) is 1. The topological polar surface area (TPSA) is 81.7 Å². The zero-order valence-electron chi connectivity index (χ0n) is 14.7. The monoisotopic (exact) mass is 375 g/mol. The van der Waals surface area contributed by atoms with Crippen LogP contribution in [0.25, 0.3) is 0 Å². The second kappa shape index (κ2) is 7.37. The van der Waals surface area contributed by atoms with Gasteiger partial charge in [-0.3, -0.25) is 4.79 Å². The van der Waals surface area contributed by atoms with E-state index in [2.05, 4.69) is 5.32 Å². The van der Waals surface area contributed by atoms with Crippen LogP contribution in [-0.2, 0) is 9.84 Å². The normalized spacial score (nSPS) is 14.5. The molecule has 0 unspecified atom stereocenters. The average molecular weight is 375 g/mol. The molecule has 1 aliphatic heterocycles. The maximum Gasteiger partial charge on any atom is 0.251 e. The van der Waals surface area contributed by atoms with E-state index in [9.17, 15) is 13.2 Å². The maximum atomic E-state index is 12.6. The zero-order valence-corrected chi connectivity index (χ0v) is 15.5. The number of benzene rings is 2. The molecular weight excluding hydrogens is 354 g/mol. The van der Waals surface area contributed by atoms with Gasteiger partial charge >= 0.3 is 0 Å². The van der Waals surface area contributed by atoms with Crippen molar-refractivity contribution in [3.63, 3.8) is 0 Å². The van der Waals surface area contributed by atoms with Crippen LogP contribution in [0.15, 0.2) is 47.4 Å². The summed E-state index contributed by atoms with van der Waals surface area (Å²) in [5.41, 5.74) is 1.22. The molecule has 3 rings (SSSR count). The lowest BCUT2D eigenvalue weighted by molar-refractivity contribution is 0.0935. The van der Waals surface area contributed by atoms with Crippen LogP contribution < -0.4 is 14.8 Å². The quantitative estimate of drug-likeness (QED) is 0.869. The van der Waals surface area contributed by atoms with Crippen molar-refractivity contribution >= 4 is 15.7 Å². The van der Waals surface area contributed by atoms with Crippen molar-refractivity contribution in [2.24, 2.45) is 0 Å². The minimum absolute atomic E-state index is 0.123. The van der Waals surface area contributed by atoms with Crippen molar-refractivity contribution in [3.05, 3.63) is 53.6 Å². The highest BCUT2D eigenvalue weighted by Crippen LogP contribution is 2.33. The summed E-state index contributed by atoms with van der Waals surface area (Å²) in [5, 5.41) is 2.95. The molecular formula is C19H21NO5S. The second-order valence-corrected chi connectivity index (χ2v) is 8.15. The van der Waals surface area contributed by atoms with Crippen LogP contribution >= 0.6 is 0 Å². The molecule has 0 bridgehead atoms. The van der Waals surface area contributed by atoms with Crippen LogP contribution in [0, 0.1) is 0 Å². The largest absolute Gasteiger partial charge is 0.486 e. The Morgan fingerprint density at radius 3 is 2.54 bits per heavy atom. The van der Waals surface area contributed by atoms with Gasteiger partial charge in [0.2, 0.25) is 0 Å². The van der Waals surface area contributed by atoms with Gasteiger partial charge in [0, 0.05) is 11.8 Å². The number of ether oxygens (including phenoxy) is 2. The number of amides is 1. The summed E-state index contributed by atoms with van der Waals surface area (Å²) in [6, 6.07) is 11.4. The molecule has 7 heteroatoms. The van der Waals surface area contributed by atoms with Gasteiger partial charge in [-0.05, 0) is 42.3 Å². The van der Waals surface area contributed by atoms with Crippen molar-refractivity contribution in [1.82, 2.24) is 5.32 Å². The van der Waals surface area contributed by atoms with Gasteiger partial charge in [0.05, 0.1) is 10.9 Å². The van der Waals surface area contributed by atoms with Gasteiger partial charge in [0.1, 0.15) is 13.2 Å². The highest BCUT2D eigenvalue weighted by molar-refractivity contribution is 7.90. The van der Waals surface area contributed by atoms with Crippen molar-refractivity contribution in [2.75, 3.05) is 19.5 Å². The number of rotatable bonds is 5. The lowest BCUT2D eigenvalue weighted by atomic mass is 10.0. The minimum atomic E-state index is -3.37. The third-order valence-electron chi connectivity index (χ3n) is 4.21. The summed E-state index contributed by atoms with van der Waals surface area (Å²) in [4.78, 5) is 12.7. The SMILES string of the molecule is CC[C@@H](NC(=O)c1cccc(S(C)(=O)=O)c1)c1ccc2c(c1)OCCO2. The van der Waals surface area contributed by atoms with E-state index in [-0.39, 0.29) is 16.8 Å². The first-order valence-corrected chi connectivity index (χ1v) is 10.3. The highest BCUT2D eigenvalue weighted by atomic mass is 32.2.